The summed E-state index contributed by atoms with van der Waals surface area (Å²) in [5.74, 6) is 0.658. The monoisotopic (exact) mass is 296 g/mol. The van der Waals surface area contributed by atoms with Crippen LogP contribution in [0.2, 0.25) is 0 Å². The first-order chi connectivity index (χ1) is 9.41. The molecule has 0 spiro atoms. The summed E-state index contributed by atoms with van der Waals surface area (Å²) in [5.41, 5.74) is 6.89. The van der Waals surface area contributed by atoms with Crippen LogP contribution in [0.4, 0.5) is 0 Å². The number of hydrogen-bond donors (Lipinski definition) is 1. The van der Waals surface area contributed by atoms with Crippen molar-refractivity contribution in [3.63, 3.8) is 0 Å². The maximum Gasteiger partial charge on any atom is 0.175 e. The average molecular weight is 296 g/mol. The minimum Gasteiger partial charge on any atom is -0.330 e. The van der Waals surface area contributed by atoms with Crippen molar-refractivity contribution in [3.8, 4) is 0 Å². The van der Waals surface area contributed by atoms with Crippen molar-refractivity contribution in [1.82, 2.24) is 4.90 Å². The fourth-order valence-electron chi connectivity index (χ4n) is 2.78. The Morgan fingerprint density at radius 3 is 2.25 bits per heavy atom. The van der Waals surface area contributed by atoms with Crippen LogP contribution in [0.3, 0.4) is 0 Å². The first-order valence-electron chi connectivity index (χ1n) is 7.16. The number of benzene rings is 1. The van der Waals surface area contributed by atoms with Gasteiger partial charge in [-0.1, -0.05) is 12.1 Å². The van der Waals surface area contributed by atoms with Crippen LogP contribution in [0, 0.1) is 5.92 Å². The van der Waals surface area contributed by atoms with Gasteiger partial charge in [0.15, 0.2) is 9.84 Å². The van der Waals surface area contributed by atoms with Crippen molar-refractivity contribution < 1.29 is 8.42 Å². The highest BCUT2D eigenvalue weighted by Gasteiger charge is 2.22. The number of rotatable bonds is 4. The summed E-state index contributed by atoms with van der Waals surface area (Å²) in [6.07, 6.45) is 3.55. The molecule has 112 valence electrons. The third-order valence-corrected chi connectivity index (χ3v) is 5.45. The fraction of sp³-hybridized carbons (Fsp3) is 0.600. The molecule has 0 aliphatic carbocycles. The lowest BCUT2D eigenvalue weighted by atomic mass is 9.95. The number of nitrogens with zero attached hydrogens (tertiary/aromatic N) is 1. The molecule has 4 nitrogen and oxygen atoms in total. The molecule has 1 aliphatic heterocycles. The molecule has 20 heavy (non-hydrogen) atoms. The molecule has 2 N–H and O–H groups in total. The van der Waals surface area contributed by atoms with Crippen LogP contribution in [0.1, 0.15) is 31.4 Å². The Labute approximate surface area is 121 Å². The first-order valence-corrected chi connectivity index (χ1v) is 9.05. The molecule has 2 rings (SSSR count). The van der Waals surface area contributed by atoms with Crippen LogP contribution in [-0.2, 0) is 9.84 Å². The zero-order chi connectivity index (χ0) is 14.8. The molecular formula is C15H24N2O2S. The molecule has 1 fully saturated rings. The molecule has 1 heterocycles. The SMILES string of the molecule is CC(c1ccc(S(C)(=O)=O)cc1)N1CCC(CN)CC1. The zero-order valence-corrected chi connectivity index (χ0v) is 13.1. The standard InChI is InChI=1S/C15H24N2O2S/c1-12(17-9-7-13(11-16)8-10-17)14-3-5-15(6-4-14)20(2,18)19/h3-6,12-13H,7-11,16H2,1-2H3. The summed E-state index contributed by atoms with van der Waals surface area (Å²) in [7, 11) is -3.11. The van der Waals surface area contributed by atoms with Gasteiger partial charge in [0.25, 0.3) is 0 Å². The van der Waals surface area contributed by atoms with Crippen molar-refractivity contribution in [2.75, 3.05) is 25.9 Å². The second-order valence-corrected chi connectivity index (χ2v) is 7.75. The lowest BCUT2D eigenvalue weighted by molar-refractivity contribution is 0.143. The molecule has 1 saturated heterocycles. The van der Waals surface area contributed by atoms with E-state index in [9.17, 15) is 8.42 Å². The second kappa shape index (κ2) is 6.24. The minimum absolute atomic E-state index is 0.322. The molecule has 1 aliphatic rings. The van der Waals surface area contributed by atoms with Crippen molar-refractivity contribution in [1.29, 1.82) is 0 Å². The maximum absolute atomic E-state index is 11.5. The van der Waals surface area contributed by atoms with Crippen LogP contribution >= 0.6 is 0 Å². The Bertz CT molecular complexity index is 531. The topological polar surface area (TPSA) is 63.4 Å². The number of nitrogens with two attached hydrogens (primary N) is 1. The minimum atomic E-state index is -3.11. The van der Waals surface area contributed by atoms with Crippen LogP contribution < -0.4 is 5.73 Å². The Morgan fingerprint density at radius 2 is 1.80 bits per heavy atom. The van der Waals surface area contributed by atoms with Crippen molar-refractivity contribution in [2.24, 2.45) is 11.7 Å². The second-order valence-electron chi connectivity index (χ2n) is 5.73. The van der Waals surface area contributed by atoms with Gasteiger partial charge in [0, 0.05) is 12.3 Å². The Morgan fingerprint density at radius 1 is 1.25 bits per heavy atom. The normalized spacial score (nSPS) is 19.9. The lowest BCUT2D eigenvalue weighted by Crippen LogP contribution is -2.37. The predicted octanol–water partition coefficient (Wildman–Crippen LogP) is 1.82. The number of sulfone groups is 1. The van der Waals surface area contributed by atoms with E-state index in [4.69, 9.17) is 5.73 Å². The zero-order valence-electron chi connectivity index (χ0n) is 12.2. The molecular weight excluding hydrogens is 272 g/mol. The van der Waals surface area contributed by atoms with E-state index >= 15 is 0 Å². The molecule has 1 unspecified atom stereocenters. The van der Waals surface area contributed by atoms with E-state index in [-0.39, 0.29) is 0 Å². The predicted molar refractivity (Wildman–Crippen MR) is 81.3 cm³/mol. The summed E-state index contributed by atoms with van der Waals surface area (Å²) < 4.78 is 22.9. The van der Waals surface area contributed by atoms with Crippen molar-refractivity contribution >= 4 is 9.84 Å². The van der Waals surface area contributed by atoms with E-state index in [0.717, 1.165) is 32.5 Å². The number of hydrogen-bond acceptors (Lipinski definition) is 4. The average Bonchev–Trinajstić information content (AvgIpc) is 2.46. The van der Waals surface area contributed by atoms with Gasteiger partial charge >= 0.3 is 0 Å². The quantitative estimate of drug-likeness (QED) is 0.920. The molecule has 0 radical (unpaired) electrons. The van der Waals surface area contributed by atoms with Crippen LogP contribution in [0.5, 0.6) is 0 Å². The maximum atomic E-state index is 11.5. The van der Waals surface area contributed by atoms with Gasteiger partial charge in [-0.15, -0.1) is 0 Å². The van der Waals surface area contributed by atoms with E-state index in [0.29, 0.717) is 16.9 Å². The fourth-order valence-corrected chi connectivity index (χ4v) is 3.41. The third-order valence-electron chi connectivity index (χ3n) is 4.32. The molecule has 1 aromatic carbocycles. The highest BCUT2D eigenvalue weighted by atomic mass is 32.2. The Hall–Kier alpha value is -0.910. The Kier molecular flexibility index (Phi) is 4.83. The van der Waals surface area contributed by atoms with Gasteiger partial charge in [-0.25, -0.2) is 8.42 Å². The van der Waals surface area contributed by atoms with Gasteiger partial charge in [-0.3, -0.25) is 4.90 Å². The number of piperidine rings is 1. The van der Waals surface area contributed by atoms with Crippen LogP contribution in [0.25, 0.3) is 0 Å². The molecule has 0 amide bonds. The smallest absolute Gasteiger partial charge is 0.175 e. The van der Waals surface area contributed by atoms with Gasteiger partial charge in [0.05, 0.1) is 4.90 Å². The summed E-state index contributed by atoms with van der Waals surface area (Å²) in [4.78, 5) is 2.83. The highest BCUT2D eigenvalue weighted by Crippen LogP contribution is 2.26. The highest BCUT2D eigenvalue weighted by molar-refractivity contribution is 7.90. The van der Waals surface area contributed by atoms with Gasteiger partial charge in [-0.2, -0.15) is 0 Å². The van der Waals surface area contributed by atoms with E-state index in [2.05, 4.69) is 11.8 Å². The van der Waals surface area contributed by atoms with Gasteiger partial charge in [-0.05, 0) is 63.0 Å². The number of likely N-dealkylation sites (tertiary alicyclic amines) is 1. The summed E-state index contributed by atoms with van der Waals surface area (Å²) in [5, 5.41) is 0. The van der Waals surface area contributed by atoms with E-state index < -0.39 is 9.84 Å². The van der Waals surface area contributed by atoms with E-state index in [1.165, 1.54) is 11.8 Å². The van der Waals surface area contributed by atoms with E-state index in [1.54, 1.807) is 12.1 Å². The van der Waals surface area contributed by atoms with Gasteiger partial charge in [0.1, 0.15) is 0 Å². The third kappa shape index (κ3) is 3.59. The Balaban J connectivity index is 2.05. The molecule has 0 bridgehead atoms. The first kappa shape index (κ1) is 15.5. The lowest BCUT2D eigenvalue weighted by Gasteiger charge is -2.36. The van der Waals surface area contributed by atoms with Gasteiger partial charge < -0.3 is 5.73 Å². The van der Waals surface area contributed by atoms with Gasteiger partial charge in [0.2, 0.25) is 0 Å². The van der Waals surface area contributed by atoms with Crippen molar-refractivity contribution in [3.05, 3.63) is 29.8 Å². The van der Waals surface area contributed by atoms with E-state index in [1.807, 2.05) is 12.1 Å². The van der Waals surface area contributed by atoms with Crippen LogP contribution in [-0.4, -0.2) is 39.2 Å². The van der Waals surface area contributed by atoms with Crippen molar-refractivity contribution in [2.45, 2.75) is 30.7 Å². The molecule has 0 saturated carbocycles. The molecule has 0 aromatic heterocycles. The molecule has 1 atom stereocenters. The van der Waals surface area contributed by atoms with Crippen LogP contribution in [0.15, 0.2) is 29.2 Å². The largest absolute Gasteiger partial charge is 0.330 e. The summed E-state index contributed by atoms with van der Waals surface area (Å²) >= 11 is 0. The summed E-state index contributed by atoms with van der Waals surface area (Å²) in [6, 6.07) is 7.58. The summed E-state index contributed by atoms with van der Waals surface area (Å²) in [6.45, 7) is 5.09. The molecule has 1 aromatic rings. The molecule has 5 heteroatoms.